The van der Waals surface area contributed by atoms with Gasteiger partial charge in [-0.1, -0.05) is 0 Å². The van der Waals surface area contributed by atoms with Crippen LogP contribution in [0.2, 0.25) is 0 Å². The van der Waals surface area contributed by atoms with Crippen molar-refractivity contribution in [2.24, 2.45) is 11.1 Å². The van der Waals surface area contributed by atoms with Gasteiger partial charge in [0.2, 0.25) is 5.91 Å². The monoisotopic (exact) mass is 224 g/mol. The van der Waals surface area contributed by atoms with Crippen LogP contribution in [0.3, 0.4) is 0 Å². The number of hydrogen-bond acceptors (Lipinski definition) is 3. The molecule has 1 aromatic heterocycles. The molecule has 4 nitrogen and oxygen atoms in total. The molecule has 0 aliphatic rings. The molecule has 0 unspecified atom stereocenters. The summed E-state index contributed by atoms with van der Waals surface area (Å²) in [5.41, 5.74) is 5.01. The van der Waals surface area contributed by atoms with Gasteiger partial charge in [0.25, 0.3) is 0 Å². The molecule has 0 radical (unpaired) electrons. The first kappa shape index (κ1) is 12.8. The minimum absolute atomic E-state index is 0.0155. The van der Waals surface area contributed by atoms with E-state index in [-0.39, 0.29) is 5.91 Å². The van der Waals surface area contributed by atoms with Gasteiger partial charge in [0.1, 0.15) is 11.5 Å². The van der Waals surface area contributed by atoms with Gasteiger partial charge < -0.3 is 15.5 Å². The average Bonchev–Trinajstić information content (AvgIpc) is 2.64. The minimum Gasteiger partial charge on any atom is -0.466 e. The molecule has 3 N–H and O–H groups in total. The van der Waals surface area contributed by atoms with E-state index in [1.807, 2.05) is 32.9 Å². The summed E-state index contributed by atoms with van der Waals surface area (Å²) < 4.78 is 5.40. The van der Waals surface area contributed by atoms with Gasteiger partial charge in [-0.15, -0.1) is 0 Å². The maximum absolute atomic E-state index is 11.7. The molecule has 0 bridgehead atoms. The molecule has 90 valence electrons. The molecule has 0 fully saturated rings. The largest absolute Gasteiger partial charge is 0.466 e. The number of carbonyl (C=O) groups is 1. The summed E-state index contributed by atoms with van der Waals surface area (Å²) in [6.07, 6.45) is 0.709. The third kappa shape index (κ3) is 3.38. The fourth-order valence-corrected chi connectivity index (χ4v) is 1.25. The van der Waals surface area contributed by atoms with E-state index in [1.165, 1.54) is 0 Å². The number of amides is 1. The molecule has 1 aromatic rings. The van der Waals surface area contributed by atoms with Crippen molar-refractivity contribution in [3.63, 3.8) is 0 Å². The molecule has 0 aliphatic heterocycles. The Bertz CT molecular complexity index is 356. The van der Waals surface area contributed by atoms with Crippen molar-refractivity contribution < 1.29 is 9.21 Å². The van der Waals surface area contributed by atoms with Gasteiger partial charge in [-0.05, 0) is 32.9 Å². The molecule has 0 aliphatic carbocycles. The third-order valence-corrected chi connectivity index (χ3v) is 2.58. The Balaban J connectivity index is 2.33. The first-order chi connectivity index (χ1) is 7.45. The summed E-state index contributed by atoms with van der Waals surface area (Å²) in [4.78, 5) is 11.7. The predicted octanol–water partition coefficient (Wildman–Crippen LogP) is 1.23. The maximum Gasteiger partial charge on any atom is 0.226 e. The summed E-state index contributed by atoms with van der Waals surface area (Å²) in [5.74, 6) is 1.77. The van der Waals surface area contributed by atoms with Crippen LogP contribution >= 0.6 is 0 Å². The fraction of sp³-hybridized carbons (Fsp3) is 0.583. The van der Waals surface area contributed by atoms with Crippen LogP contribution in [0.1, 0.15) is 25.4 Å². The number of nitrogens with one attached hydrogen (secondary N) is 1. The van der Waals surface area contributed by atoms with E-state index in [1.54, 1.807) is 0 Å². The molecule has 1 heterocycles. The van der Waals surface area contributed by atoms with E-state index in [2.05, 4.69) is 5.32 Å². The molecule has 4 heteroatoms. The summed E-state index contributed by atoms with van der Waals surface area (Å²) in [6, 6.07) is 3.84. The van der Waals surface area contributed by atoms with E-state index in [9.17, 15) is 4.79 Å². The zero-order valence-electron chi connectivity index (χ0n) is 10.2. The van der Waals surface area contributed by atoms with Crippen LogP contribution in [-0.2, 0) is 11.2 Å². The first-order valence-corrected chi connectivity index (χ1v) is 5.49. The number of aryl methyl sites for hydroxylation is 1. The van der Waals surface area contributed by atoms with Crippen molar-refractivity contribution in [1.29, 1.82) is 0 Å². The number of furan rings is 1. The number of nitrogens with two attached hydrogens (primary N) is 1. The third-order valence-electron chi connectivity index (χ3n) is 2.58. The van der Waals surface area contributed by atoms with Crippen LogP contribution in [0.4, 0.5) is 0 Å². The van der Waals surface area contributed by atoms with Gasteiger partial charge in [0.05, 0.1) is 5.41 Å². The van der Waals surface area contributed by atoms with Crippen LogP contribution in [-0.4, -0.2) is 19.0 Å². The Labute approximate surface area is 96.2 Å². The lowest BCUT2D eigenvalue weighted by Crippen LogP contribution is -2.42. The Hall–Kier alpha value is -1.29. The second kappa shape index (κ2) is 5.16. The molecule has 1 amide bonds. The lowest BCUT2D eigenvalue weighted by atomic mass is 9.93. The molecule has 0 saturated carbocycles. The Morgan fingerprint density at radius 3 is 2.69 bits per heavy atom. The first-order valence-electron chi connectivity index (χ1n) is 5.49. The molecular weight excluding hydrogens is 204 g/mol. The maximum atomic E-state index is 11.7. The van der Waals surface area contributed by atoms with Crippen molar-refractivity contribution in [3.05, 3.63) is 23.7 Å². The minimum atomic E-state index is -0.501. The highest BCUT2D eigenvalue weighted by Crippen LogP contribution is 2.12. The van der Waals surface area contributed by atoms with Gasteiger partial charge in [0, 0.05) is 19.5 Å². The average molecular weight is 224 g/mol. The van der Waals surface area contributed by atoms with Crippen molar-refractivity contribution in [1.82, 2.24) is 5.32 Å². The normalized spacial score (nSPS) is 11.5. The molecule has 0 saturated heterocycles. The van der Waals surface area contributed by atoms with Gasteiger partial charge in [-0.2, -0.15) is 0 Å². The number of carbonyl (C=O) groups excluding carboxylic acids is 1. The van der Waals surface area contributed by atoms with E-state index in [0.717, 1.165) is 11.5 Å². The topological polar surface area (TPSA) is 68.3 Å². The quantitative estimate of drug-likeness (QED) is 0.790. The molecule has 0 atom stereocenters. The van der Waals surface area contributed by atoms with Crippen LogP contribution in [0.25, 0.3) is 0 Å². The van der Waals surface area contributed by atoms with Crippen molar-refractivity contribution in [2.45, 2.75) is 27.2 Å². The Morgan fingerprint density at radius 1 is 1.50 bits per heavy atom. The van der Waals surface area contributed by atoms with Crippen molar-refractivity contribution >= 4 is 5.91 Å². The van der Waals surface area contributed by atoms with Crippen LogP contribution in [0, 0.1) is 12.3 Å². The summed E-state index contributed by atoms with van der Waals surface area (Å²) in [7, 11) is 0. The number of hydrogen-bond donors (Lipinski definition) is 2. The Morgan fingerprint density at radius 2 is 2.19 bits per heavy atom. The number of rotatable bonds is 5. The molecule has 16 heavy (non-hydrogen) atoms. The molecule has 0 aromatic carbocycles. The van der Waals surface area contributed by atoms with Crippen LogP contribution in [0.5, 0.6) is 0 Å². The SMILES string of the molecule is Cc1ccc(CCNC(=O)C(C)(C)CN)o1. The smallest absolute Gasteiger partial charge is 0.226 e. The summed E-state index contributed by atoms with van der Waals surface area (Å²) >= 11 is 0. The van der Waals surface area contributed by atoms with E-state index >= 15 is 0 Å². The van der Waals surface area contributed by atoms with E-state index in [4.69, 9.17) is 10.2 Å². The van der Waals surface area contributed by atoms with E-state index in [0.29, 0.717) is 19.5 Å². The lowest BCUT2D eigenvalue weighted by molar-refractivity contribution is -0.128. The highest BCUT2D eigenvalue weighted by Gasteiger charge is 2.25. The molecular formula is C12H20N2O2. The molecule has 0 spiro atoms. The van der Waals surface area contributed by atoms with Gasteiger partial charge in [-0.25, -0.2) is 0 Å². The van der Waals surface area contributed by atoms with E-state index < -0.39 is 5.41 Å². The van der Waals surface area contributed by atoms with Crippen LogP contribution in [0.15, 0.2) is 16.5 Å². The lowest BCUT2D eigenvalue weighted by Gasteiger charge is -2.20. The highest BCUT2D eigenvalue weighted by atomic mass is 16.3. The van der Waals surface area contributed by atoms with Crippen LogP contribution < -0.4 is 11.1 Å². The molecule has 1 rings (SSSR count). The second-order valence-electron chi connectivity index (χ2n) is 4.61. The Kier molecular flexibility index (Phi) is 4.12. The zero-order valence-corrected chi connectivity index (χ0v) is 10.2. The second-order valence-corrected chi connectivity index (χ2v) is 4.61. The van der Waals surface area contributed by atoms with Gasteiger partial charge >= 0.3 is 0 Å². The summed E-state index contributed by atoms with van der Waals surface area (Å²) in [6.45, 7) is 6.49. The zero-order chi connectivity index (χ0) is 12.2. The van der Waals surface area contributed by atoms with Gasteiger partial charge in [0.15, 0.2) is 0 Å². The predicted molar refractivity (Wildman–Crippen MR) is 63.0 cm³/mol. The van der Waals surface area contributed by atoms with Crippen molar-refractivity contribution in [2.75, 3.05) is 13.1 Å². The van der Waals surface area contributed by atoms with Gasteiger partial charge in [-0.3, -0.25) is 4.79 Å². The highest BCUT2D eigenvalue weighted by molar-refractivity contribution is 5.81. The fourth-order valence-electron chi connectivity index (χ4n) is 1.25. The standard InChI is InChI=1S/C12H20N2O2/c1-9-4-5-10(16-9)6-7-14-11(15)12(2,3)8-13/h4-5H,6-8,13H2,1-3H3,(H,14,15). The summed E-state index contributed by atoms with van der Waals surface area (Å²) in [5, 5.41) is 2.85. The van der Waals surface area contributed by atoms with Crippen molar-refractivity contribution in [3.8, 4) is 0 Å².